The standard InChI is InChI=1S/C15H21N3O/c1-18-13-9-6-5-7-11(13)16-15(18)17-12-8-3-2-4-10-14(12)19/h5-7,9,12,14,19H,2-4,8,10H2,1H3,(H,16,17). The Morgan fingerprint density at radius 1 is 1.21 bits per heavy atom. The minimum Gasteiger partial charge on any atom is -0.391 e. The molecule has 1 saturated carbocycles. The quantitative estimate of drug-likeness (QED) is 0.815. The van der Waals surface area contributed by atoms with Crippen LogP contribution in [0, 0.1) is 0 Å². The molecule has 0 saturated heterocycles. The van der Waals surface area contributed by atoms with Crippen LogP contribution in [0.5, 0.6) is 0 Å². The number of fused-ring (bicyclic) bond motifs is 1. The minimum atomic E-state index is -0.262. The first-order valence-corrected chi connectivity index (χ1v) is 7.12. The summed E-state index contributed by atoms with van der Waals surface area (Å²) in [6.07, 6.45) is 5.17. The molecule has 0 bridgehead atoms. The predicted molar refractivity (Wildman–Crippen MR) is 77.2 cm³/mol. The molecule has 1 aromatic carbocycles. The molecule has 1 heterocycles. The van der Waals surface area contributed by atoms with E-state index < -0.39 is 0 Å². The fourth-order valence-electron chi connectivity index (χ4n) is 2.90. The molecule has 1 aromatic heterocycles. The smallest absolute Gasteiger partial charge is 0.203 e. The third-order valence-corrected chi connectivity index (χ3v) is 4.08. The SMILES string of the molecule is Cn1c(NC2CCCCCC2O)nc2ccccc21. The van der Waals surface area contributed by atoms with Crippen LogP contribution in [0.3, 0.4) is 0 Å². The first-order valence-electron chi connectivity index (χ1n) is 7.12. The van der Waals surface area contributed by atoms with Crippen molar-refractivity contribution in [3.8, 4) is 0 Å². The molecule has 0 radical (unpaired) electrons. The summed E-state index contributed by atoms with van der Waals surface area (Å²) in [7, 11) is 2.01. The second kappa shape index (κ2) is 5.21. The van der Waals surface area contributed by atoms with Crippen LogP contribution < -0.4 is 5.32 Å². The van der Waals surface area contributed by atoms with Gasteiger partial charge in [0.2, 0.25) is 5.95 Å². The molecule has 1 fully saturated rings. The van der Waals surface area contributed by atoms with Gasteiger partial charge in [-0.1, -0.05) is 31.4 Å². The Kier molecular flexibility index (Phi) is 3.42. The Hall–Kier alpha value is -1.55. The third kappa shape index (κ3) is 2.45. The van der Waals surface area contributed by atoms with Crippen molar-refractivity contribution >= 4 is 17.0 Å². The van der Waals surface area contributed by atoms with Crippen molar-refractivity contribution in [3.05, 3.63) is 24.3 Å². The van der Waals surface area contributed by atoms with Gasteiger partial charge in [0.05, 0.1) is 23.2 Å². The van der Waals surface area contributed by atoms with Crippen LogP contribution in [0.25, 0.3) is 11.0 Å². The summed E-state index contributed by atoms with van der Waals surface area (Å²) >= 11 is 0. The number of nitrogens with one attached hydrogen (secondary N) is 1. The molecule has 2 atom stereocenters. The molecule has 1 aliphatic carbocycles. The van der Waals surface area contributed by atoms with Crippen molar-refractivity contribution < 1.29 is 5.11 Å². The van der Waals surface area contributed by atoms with E-state index in [1.807, 2.05) is 25.2 Å². The van der Waals surface area contributed by atoms with Crippen LogP contribution in [-0.4, -0.2) is 26.8 Å². The van der Waals surface area contributed by atoms with Crippen LogP contribution in [0.2, 0.25) is 0 Å². The summed E-state index contributed by atoms with van der Waals surface area (Å²) in [6.45, 7) is 0. The van der Waals surface area contributed by atoms with Gasteiger partial charge in [0.15, 0.2) is 0 Å². The molecular weight excluding hydrogens is 238 g/mol. The highest BCUT2D eigenvalue weighted by molar-refractivity contribution is 5.78. The molecule has 0 aliphatic heterocycles. The molecular formula is C15H21N3O. The van der Waals surface area contributed by atoms with Gasteiger partial charge < -0.3 is 15.0 Å². The van der Waals surface area contributed by atoms with Crippen LogP contribution in [-0.2, 0) is 7.05 Å². The van der Waals surface area contributed by atoms with E-state index in [4.69, 9.17) is 0 Å². The van der Waals surface area contributed by atoms with E-state index in [1.165, 1.54) is 12.8 Å². The van der Waals surface area contributed by atoms with Gasteiger partial charge >= 0.3 is 0 Å². The topological polar surface area (TPSA) is 50.1 Å². The summed E-state index contributed by atoms with van der Waals surface area (Å²) in [5.74, 6) is 0.854. The molecule has 2 aromatic rings. The van der Waals surface area contributed by atoms with E-state index >= 15 is 0 Å². The summed E-state index contributed by atoms with van der Waals surface area (Å²) in [6, 6.07) is 8.23. The lowest BCUT2D eigenvalue weighted by Crippen LogP contribution is -2.33. The highest BCUT2D eigenvalue weighted by atomic mass is 16.3. The summed E-state index contributed by atoms with van der Waals surface area (Å²) in [5.41, 5.74) is 2.11. The van der Waals surface area contributed by atoms with Gasteiger partial charge in [-0.2, -0.15) is 0 Å². The van der Waals surface area contributed by atoms with Crippen LogP contribution in [0.1, 0.15) is 32.1 Å². The Morgan fingerprint density at radius 3 is 2.84 bits per heavy atom. The number of aryl methyl sites for hydroxylation is 1. The lowest BCUT2D eigenvalue weighted by atomic mass is 10.1. The first-order chi connectivity index (χ1) is 9.25. The maximum Gasteiger partial charge on any atom is 0.203 e. The van der Waals surface area contributed by atoms with Crippen LogP contribution >= 0.6 is 0 Å². The van der Waals surface area contributed by atoms with Gasteiger partial charge in [0.1, 0.15) is 0 Å². The molecule has 4 heteroatoms. The van der Waals surface area contributed by atoms with Gasteiger partial charge in [-0.05, 0) is 25.0 Å². The maximum absolute atomic E-state index is 10.2. The van der Waals surface area contributed by atoms with Gasteiger partial charge in [0, 0.05) is 7.05 Å². The monoisotopic (exact) mass is 259 g/mol. The summed E-state index contributed by atoms with van der Waals surface area (Å²) in [4.78, 5) is 4.61. The zero-order valence-electron chi connectivity index (χ0n) is 11.3. The average Bonchev–Trinajstić information content (AvgIpc) is 2.59. The largest absolute Gasteiger partial charge is 0.391 e. The number of aliphatic hydroxyl groups excluding tert-OH is 1. The lowest BCUT2D eigenvalue weighted by Gasteiger charge is -2.22. The molecule has 2 N–H and O–H groups in total. The predicted octanol–water partition coefficient (Wildman–Crippen LogP) is 2.68. The van der Waals surface area contributed by atoms with E-state index in [9.17, 15) is 5.11 Å². The molecule has 0 amide bonds. The number of nitrogens with zero attached hydrogens (tertiary/aromatic N) is 2. The van der Waals surface area contributed by atoms with Crippen molar-refractivity contribution in [1.29, 1.82) is 0 Å². The number of aliphatic hydroxyl groups is 1. The van der Waals surface area contributed by atoms with E-state index in [0.717, 1.165) is 36.2 Å². The highest BCUT2D eigenvalue weighted by Gasteiger charge is 2.22. The Morgan fingerprint density at radius 2 is 2.00 bits per heavy atom. The van der Waals surface area contributed by atoms with E-state index in [-0.39, 0.29) is 12.1 Å². The zero-order chi connectivity index (χ0) is 13.2. The number of anilines is 1. The maximum atomic E-state index is 10.2. The van der Waals surface area contributed by atoms with Crippen molar-refractivity contribution in [2.75, 3.05) is 5.32 Å². The Labute approximate surface area is 113 Å². The summed E-state index contributed by atoms with van der Waals surface area (Å²) in [5, 5.41) is 13.6. The highest BCUT2D eigenvalue weighted by Crippen LogP contribution is 2.23. The fourth-order valence-corrected chi connectivity index (χ4v) is 2.90. The van der Waals surface area contributed by atoms with Gasteiger partial charge in [-0.25, -0.2) is 4.98 Å². The van der Waals surface area contributed by atoms with Crippen molar-refractivity contribution in [2.45, 2.75) is 44.2 Å². The Bertz CT molecular complexity index is 564. The average molecular weight is 259 g/mol. The van der Waals surface area contributed by atoms with E-state index in [0.29, 0.717) is 0 Å². The van der Waals surface area contributed by atoms with Crippen LogP contribution in [0.15, 0.2) is 24.3 Å². The fraction of sp³-hybridized carbons (Fsp3) is 0.533. The molecule has 2 unspecified atom stereocenters. The first kappa shape index (κ1) is 12.5. The number of hydrogen-bond acceptors (Lipinski definition) is 3. The molecule has 1 aliphatic rings. The van der Waals surface area contributed by atoms with E-state index in [2.05, 4.69) is 20.9 Å². The molecule has 19 heavy (non-hydrogen) atoms. The van der Waals surface area contributed by atoms with E-state index in [1.54, 1.807) is 0 Å². The number of hydrogen-bond donors (Lipinski definition) is 2. The van der Waals surface area contributed by atoms with Crippen molar-refractivity contribution in [1.82, 2.24) is 9.55 Å². The number of benzene rings is 1. The van der Waals surface area contributed by atoms with Gasteiger partial charge in [-0.15, -0.1) is 0 Å². The number of aromatic nitrogens is 2. The molecule has 3 rings (SSSR count). The number of para-hydroxylation sites is 2. The van der Waals surface area contributed by atoms with Crippen molar-refractivity contribution in [3.63, 3.8) is 0 Å². The van der Waals surface area contributed by atoms with Crippen LogP contribution in [0.4, 0.5) is 5.95 Å². The lowest BCUT2D eigenvalue weighted by molar-refractivity contribution is 0.144. The Balaban J connectivity index is 1.86. The second-order valence-electron chi connectivity index (χ2n) is 5.44. The number of rotatable bonds is 2. The zero-order valence-corrected chi connectivity index (χ0v) is 11.3. The molecule has 4 nitrogen and oxygen atoms in total. The normalized spacial score (nSPS) is 24.3. The number of imidazole rings is 1. The third-order valence-electron chi connectivity index (χ3n) is 4.08. The minimum absolute atomic E-state index is 0.123. The molecule has 102 valence electrons. The van der Waals surface area contributed by atoms with Gasteiger partial charge in [0.25, 0.3) is 0 Å². The second-order valence-corrected chi connectivity index (χ2v) is 5.44. The van der Waals surface area contributed by atoms with Gasteiger partial charge in [-0.3, -0.25) is 0 Å². The van der Waals surface area contributed by atoms with Crippen molar-refractivity contribution in [2.24, 2.45) is 7.05 Å². The molecule has 0 spiro atoms. The summed E-state index contributed by atoms with van der Waals surface area (Å²) < 4.78 is 2.06.